The number of amides is 2. The lowest BCUT2D eigenvalue weighted by Crippen LogP contribution is -2.69. The number of aliphatic hydroxyl groups is 14. The summed E-state index contributed by atoms with van der Waals surface area (Å²) in [7, 11) is 0. The highest BCUT2D eigenvalue weighted by Crippen LogP contribution is 2.34. The van der Waals surface area contributed by atoms with Crippen molar-refractivity contribution in [3.63, 3.8) is 0 Å². The molecule has 0 aliphatic carbocycles. The highest BCUT2D eigenvalue weighted by atomic mass is 16.8. The van der Waals surface area contributed by atoms with Gasteiger partial charge in [0, 0.05) is 13.8 Å². The Morgan fingerprint density at radius 1 is 0.459 bits per heavy atom. The predicted octanol–water partition coefficient (Wildman–Crippen LogP) is -10.6. The molecule has 5 aliphatic rings. The number of aliphatic hydroxyl groups excluding tert-OH is 14. The highest BCUT2D eigenvalue weighted by molar-refractivity contribution is 5.73. The zero-order valence-electron chi connectivity index (χ0n) is 33.0. The molecule has 25 atom stereocenters. The SMILES string of the molecule is CC(=O)N[C@H]1[C@H](OC[C@H]2OC(O)[C@H](NC(C)=O)[C@@H](O[C@@H]3O[C@H](CO)[C@H](O)[C@H](O)[C@H]3O[C@@H]3O[C@@H](C)[C@@H](O)[C@@H](O)[C@@H]3O)[C@H]2O)O[C@H](CO)[C@@H](O[C@@H]2O[C@H](CO)[C@H](O)[C@H](O)[C@H]2O)[C@@H]1O. The molecule has 354 valence electrons. The molecule has 0 aromatic carbocycles. The third kappa shape index (κ3) is 10.9. The van der Waals surface area contributed by atoms with Crippen LogP contribution in [0.3, 0.4) is 0 Å². The predicted molar refractivity (Wildman–Crippen MR) is 188 cm³/mol. The Hall–Kier alpha value is -1.98. The zero-order chi connectivity index (χ0) is 45.2. The minimum absolute atomic E-state index is 0.740. The van der Waals surface area contributed by atoms with Crippen LogP contribution in [-0.2, 0) is 52.2 Å². The molecule has 5 saturated heterocycles. The Kier molecular flexibility index (Phi) is 17.5. The first-order valence-corrected chi connectivity index (χ1v) is 19.4. The minimum Gasteiger partial charge on any atom is -0.394 e. The van der Waals surface area contributed by atoms with Crippen molar-refractivity contribution < 1.29 is 124 Å². The number of hydrogen-bond acceptors (Lipinski definition) is 25. The highest BCUT2D eigenvalue weighted by Gasteiger charge is 2.56. The molecule has 5 aliphatic heterocycles. The van der Waals surface area contributed by atoms with Crippen LogP contribution in [0.2, 0.25) is 0 Å². The van der Waals surface area contributed by atoms with Gasteiger partial charge in [0.1, 0.15) is 116 Å². The van der Waals surface area contributed by atoms with Crippen molar-refractivity contribution in [2.75, 3.05) is 26.4 Å². The van der Waals surface area contributed by atoms with Crippen LogP contribution in [0.25, 0.3) is 0 Å². The van der Waals surface area contributed by atoms with Gasteiger partial charge in [-0.1, -0.05) is 0 Å². The van der Waals surface area contributed by atoms with Crippen LogP contribution < -0.4 is 10.6 Å². The van der Waals surface area contributed by atoms with Gasteiger partial charge in [-0.25, -0.2) is 0 Å². The summed E-state index contributed by atoms with van der Waals surface area (Å²) in [5, 5.41) is 152. The molecule has 0 saturated carbocycles. The summed E-state index contributed by atoms with van der Waals surface area (Å²) >= 11 is 0. The van der Waals surface area contributed by atoms with E-state index in [0.717, 1.165) is 13.8 Å². The van der Waals surface area contributed by atoms with Gasteiger partial charge in [0.05, 0.1) is 32.5 Å². The van der Waals surface area contributed by atoms with E-state index in [9.17, 15) is 81.1 Å². The Balaban J connectivity index is 1.36. The molecule has 0 bridgehead atoms. The molecule has 0 aromatic rings. The van der Waals surface area contributed by atoms with Crippen molar-refractivity contribution >= 4 is 11.8 Å². The van der Waals surface area contributed by atoms with Gasteiger partial charge in [0.2, 0.25) is 11.8 Å². The molecule has 27 heteroatoms. The molecule has 5 rings (SSSR count). The van der Waals surface area contributed by atoms with Crippen molar-refractivity contribution in [1.82, 2.24) is 10.6 Å². The summed E-state index contributed by atoms with van der Waals surface area (Å²) < 4.78 is 51.1. The molecule has 0 radical (unpaired) electrons. The number of ether oxygens (including phenoxy) is 9. The molecule has 0 spiro atoms. The maximum absolute atomic E-state index is 12.3. The second-order valence-corrected chi connectivity index (χ2v) is 15.4. The largest absolute Gasteiger partial charge is 0.394 e. The van der Waals surface area contributed by atoms with E-state index in [4.69, 9.17) is 42.6 Å². The van der Waals surface area contributed by atoms with E-state index in [2.05, 4.69) is 10.6 Å². The normalized spacial score (nSPS) is 49.6. The monoisotopic (exact) mass is 894 g/mol. The quantitative estimate of drug-likeness (QED) is 0.0770. The topological polar surface area (TPSA) is 424 Å². The molecule has 61 heavy (non-hydrogen) atoms. The molecular formula is C34H58N2O25. The minimum atomic E-state index is -2.01. The summed E-state index contributed by atoms with van der Waals surface area (Å²) in [5.74, 6) is -1.50. The lowest BCUT2D eigenvalue weighted by Gasteiger charge is -2.49. The van der Waals surface area contributed by atoms with Gasteiger partial charge in [0.15, 0.2) is 31.5 Å². The molecule has 27 nitrogen and oxygen atoms in total. The van der Waals surface area contributed by atoms with E-state index < -0.39 is 192 Å². The van der Waals surface area contributed by atoms with Gasteiger partial charge in [-0.15, -0.1) is 0 Å². The van der Waals surface area contributed by atoms with Gasteiger partial charge >= 0.3 is 0 Å². The Bertz CT molecular complexity index is 1420. The number of carbonyl (C=O) groups is 2. The molecule has 2 amide bonds. The zero-order valence-corrected chi connectivity index (χ0v) is 33.0. The maximum atomic E-state index is 12.3. The van der Waals surface area contributed by atoms with Crippen LogP contribution in [0.5, 0.6) is 0 Å². The van der Waals surface area contributed by atoms with E-state index >= 15 is 0 Å². The first-order chi connectivity index (χ1) is 28.7. The summed E-state index contributed by atoms with van der Waals surface area (Å²) in [4.78, 5) is 24.5. The lowest BCUT2D eigenvalue weighted by molar-refractivity contribution is -0.381. The van der Waals surface area contributed by atoms with E-state index in [-0.39, 0.29) is 0 Å². The second-order valence-electron chi connectivity index (χ2n) is 15.4. The van der Waals surface area contributed by atoms with Crippen LogP contribution in [0, 0.1) is 0 Å². The number of carbonyl (C=O) groups excluding carboxylic acids is 2. The van der Waals surface area contributed by atoms with Crippen LogP contribution in [-0.4, -0.2) is 263 Å². The number of rotatable bonds is 14. The molecule has 1 unspecified atom stereocenters. The number of hydrogen-bond donors (Lipinski definition) is 16. The number of nitrogens with one attached hydrogen (secondary N) is 2. The van der Waals surface area contributed by atoms with E-state index in [1.807, 2.05) is 0 Å². The Morgan fingerprint density at radius 3 is 1.51 bits per heavy atom. The van der Waals surface area contributed by atoms with Gasteiger partial charge in [-0.3, -0.25) is 9.59 Å². The summed E-state index contributed by atoms with van der Waals surface area (Å²) in [6.45, 7) is 0.0785. The van der Waals surface area contributed by atoms with Crippen LogP contribution in [0.15, 0.2) is 0 Å². The molecule has 5 fully saturated rings. The van der Waals surface area contributed by atoms with Gasteiger partial charge < -0.3 is 125 Å². The smallest absolute Gasteiger partial charge is 0.217 e. The first-order valence-electron chi connectivity index (χ1n) is 19.4. The summed E-state index contributed by atoms with van der Waals surface area (Å²) in [5.41, 5.74) is 0. The summed E-state index contributed by atoms with van der Waals surface area (Å²) in [6.07, 6.45) is -40.2. The Morgan fingerprint density at radius 2 is 0.934 bits per heavy atom. The van der Waals surface area contributed by atoms with Crippen LogP contribution >= 0.6 is 0 Å². The van der Waals surface area contributed by atoms with Gasteiger partial charge in [-0.05, 0) is 6.92 Å². The fourth-order valence-electron chi connectivity index (χ4n) is 7.66. The van der Waals surface area contributed by atoms with Crippen LogP contribution in [0.4, 0.5) is 0 Å². The average molecular weight is 895 g/mol. The van der Waals surface area contributed by atoms with Crippen LogP contribution in [0.1, 0.15) is 20.8 Å². The van der Waals surface area contributed by atoms with E-state index in [0.29, 0.717) is 0 Å². The first kappa shape index (κ1) is 50.0. The standard InChI is InChI=1S/C34H58N2O25/c1-8-17(42)22(47)25(50)32(54-8)61-29-24(49)19(44)12(5-38)57-34(29)60-28-16(36-10(3)41)30(52)55-14(20(28)45)7-53-31-15(35-9(2)40)21(46)27(13(6-39)58-31)59-33-26(51)23(48)18(43)11(4-37)56-33/h8,11-34,37-39,42-52H,4-7H2,1-3H3,(H,35,40)(H,36,41)/t8-,11+,12+,13+,14+,15+,16+,17+,18-,19-,20-,21+,22+,23-,24-,25-,26+,27+,28+,29+,30?,31+,32-,33-,34-/m0/s1. The second kappa shape index (κ2) is 21.3. The van der Waals surface area contributed by atoms with Crippen molar-refractivity contribution in [1.29, 1.82) is 0 Å². The Labute approximate surface area is 346 Å². The van der Waals surface area contributed by atoms with Crippen molar-refractivity contribution in [2.24, 2.45) is 0 Å². The fourth-order valence-corrected chi connectivity index (χ4v) is 7.66. The van der Waals surface area contributed by atoms with Crippen molar-refractivity contribution in [3.05, 3.63) is 0 Å². The molecular weight excluding hydrogens is 836 g/mol. The van der Waals surface area contributed by atoms with E-state index in [1.54, 1.807) is 0 Å². The van der Waals surface area contributed by atoms with E-state index in [1.165, 1.54) is 6.92 Å². The van der Waals surface area contributed by atoms with Gasteiger partial charge in [-0.2, -0.15) is 0 Å². The van der Waals surface area contributed by atoms with Crippen molar-refractivity contribution in [3.8, 4) is 0 Å². The van der Waals surface area contributed by atoms with Gasteiger partial charge in [0.25, 0.3) is 0 Å². The third-order valence-electron chi connectivity index (χ3n) is 11.1. The maximum Gasteiger partial charge on any atom is 0.217 e. The molecule has 16 N–H and O–H groups in total. The third-order valence-corrected chi connectivity index (χ3v) is 11.1. The average Bonchev–Trinajstić information content (AvgIpc) is 3.21. The molecule has 0 aromatic heterocycles. The van der Waals surface area contributed by atoms with Crippen molar-refractivity contribution in [2.45, 2.75) is 174 Å². The lowest BCUT2D eigenvalue weighted by atomic mass is 9.94. The summed E-state index contributed by atoms with van der Waals surface area (Å²) in [6, 6.07) is -3.19. The fraction of sp³-hybridized carbons (Fsp3) is 0.941. The molecule has 5 heterocycles.